The van der Waals surface area contributed by atoms with Crippen LogP contribution >= 0.6 is 11.3 Å². The summed E-state index contributed by atoms with van der Waals surface area (Å²) in [6, 6.07) is 48.6. The van der Waals surface area contributed by atoms with E-state index in [1.54, 1.807) is 0 Å². The highest BCUT2D eigenvalue weighted by Gasteiger charge is 2.22. The maximum Gasteiger partial charge on any atom is 0.169 e. The van der Waals surface area contributed by atoms with Gasteiger partial charge in [0.25, 0.3) is 0 Å². The van der Waals surface area contributed by atoms with Crippen molar-refractivity contribution in [1.29, 1.82) is 0 Å². The number of para-hydroxylation sites is 1. The molecule has 1 N–H and O–H groups in total. The first-order chi connectivity index (χ1) is 21.8. The Hall–Kier alpha value is -5.52. The van der Waals surface area contributed by atoms with Crippen LogP contribution in [0.25, 0.3) is 53.2 Å². The highest BCUT2D eigenvalue weighted by Crippen LogP contribution is 2.38. The average molecular weight is 584 g/mol. The van der Waals surface area contributed by atoms with E-state index < -0.39 is 0 Å². The lowest BCUT2D eigenvalue weighted by atomic mass is 9.97. The first-order valence-corrected chi connectivity index (χ1v) is 15.5. The molecule has 1 aliphatic rings. The number of nitrogens with one attached hydrogen (secondary N) is 1. The molecule has 6 aromatic carbocycles. The lowest BCUT2D eigenvalue weighted by Gasteiger charge is -2.22. The molecule has 8 aromatic rings. The van der Waals surface area contributed by atoms with Crippen LogP contribution in [0.2, 0.25) is 0 Å². The van der Waals surface area contributed by atoms with E-state index in [9.17, 15) is 0 Å². The van der Waals surface area contributed by atoms with E-state index in [4.69, 9.17) is 14.4 Å². The summed E-state index contributed by atoms with van der Waals surface area (Å²) in [6.07, 6.45) is -0.380. The van der Waals surface area contributed by atoms with E-state index >= 15 is 0 Å². The maximum absolute atomic E-state index is 6.19. The predicted octanol–water partition coefficient (Wildman–Crippen LogP) is 10.1. The van der Waals surface area contributed by atoms with Gasteiger partial charge in [0.2, 0.25) is 0 Å². The molecular weight excluding hydrogens is 559 g/mol. The van der Waals surface area contributed by atoms with Gasteiger partial charge in [-0.25, -0.2) is 9.98 Å². The van der Waals surface area contributed by atoms with Gasteiger partial charge in [-0.15, -0.1) is 11.3 Å². The molecule has 4 nitrogen and oxygen atoms in total. The van der Waals surface area contributed by atoms with E-state index in [-0.39, 0.29) is 6.17 Å². The highest BCUT2D eigenvalue weighted by atomic mass is 32.1. The summed E-state index contributed by atoms with van der Waals surface area (Å²) in [5.74, 6) is 1.61. The van der Waals surface area contributed by atoms with Crippen molar-refractivity contribution in [3.8, 4) is 11.1 Å². The first-order valence-electron chi connectivity index (χ1n) is 14.7. The number of rotatable bonds is 4. The fraction of sp³-hybridized carbons (Fsp3) is 0.0256. The van der Waals surface area contributed by atoms with E-state index in [0.717, 1.165) is 61.4 Å². The zero-order valence-electron chi connectivity index (χ0n) is 23.6. The minimum Gasteiger partial charge on any atom is -0.456 e. The molecular formula is C39H25N3OS. The lowest BCUT2D eigenvalue weighted by molar-refractivity contribution is 0.669. The number of thiophene rings is 1. The minimum atomic E-state index is -0.380. The molecule has 0 spiro atoms. The zero-order valence-corrected chi connectivity index (χ0v) is 24.4. The van der Waals surface area contributed by atoms with Gasteiger partial charge in [-0.05, 0) is 53.1 Å². The quantitative estimate of drug-likeness (QED) is 0.224. The number of hydrogen-bond acceptors (Lipinski definition) is 5. The second-order valence-electron chi connectivity index (χ2n) is 11.0. The Kier molecular flexibility index (Phi) is 5.71. The normalized spacial score (nSPS) is 15.0. The topological polar surface area (TPSA) is 49.9 Å². The smallest absolute Gasteiger partial charge is 0.169 e. The summed E-state index contributed by atoms with van der Waals surface area (Å²) in [4.78, 5) is 10.3. The Labute approximate surface area is 257 Å². The molecule has 9 rings (SSSR count). The lowest BCUT2D eigenvalue weighted by Crippen LogP contribution is -2.36. The fourth-order valence-corrected chi connectivity index (χ4v) is 7.33. The van der Waals surface area contributed by atoms with Crippen LogP contribution in [0.5, 0.6) is 0 Å². The SMILES string of the molecule is c1ccc(C2=NC(c3ccc4sc5ccccc5c4c3)N=C(c3cccc(-c4cccc5oc6ccccc6c45)c3)N2)cc1. The second kappa shape index (κ2) is 10.0. The maximum atomic E-state index is 6.19. The molecule has 0 saturated carbocycles. The number of benzene rings is 6. The summed E-state index contributed by atoms with van der Waals surface area (Å²) in [6.45, 7) is 0. The summed E-state index contributed by atoms with van der Waals surface area (Å²) < 4.78 is 8.75. The Morgan fingerprint density at radius 1 is 0.523 bits per heavy atom. The average Bonchev–Trinajstić information content (AvgIpc) is 3.67. The van der Waals surface area contributed by atoms with Gasteiger partial charge in [0.1, 0.15) is 22.8 Å². The molecule has 0 bridgehead atoms. The van der Waals surface area contributed by atoms with E-state index in [0.29, 0.717) is 0 Å². The van der Waals surface area contributed by atoms with Crippen molar-refractivity contribution in [2.45, 2.75) is 6.17 Å². The largest absolute Gasteiger partial charge is 0.456 e. The number of fused-ring (bicyclic) bond motifs is 6. The molecule has 5 heteroatoms. The molecule has 1 aliphatic heterocycles. The van der Waals surface area contributed by atoms with E-state index in [2.05, 4.69) is 108 Å². The molecule has 1 unspecified atom stereocenters. The Balaban J connectivity index is 1.18. The van der Waals surface area contributed by atoms with Crippen molar-refractivity contribution >= 4 is 65.1 Å². The van der Waals surface area contributed by atoms with Gasteiger partial charge in [-0.2, -0.15) is 0 Å². The van der Waals surface area contributed by atoms with Crippen LogP contribution in [-0.4, -0.2) is 11.7 Å². The molecule has 0 aliphatic carbocycles. The van der Waals surface area contributed by atoms with Gasteiger partial charge < -0.3 is 9.73 Å². The van der Waals surface area contributed by atoms with Gasteiger partial charge in [0, 0.05) is 42.1 Å². The van der Waals surface area contributed by atoms with Crippen molar-refractivity contribution < 1.29 is 4.42 Å². The van der Waals surface area contributed by atoms with Crippen LogP contribution in [-0.2, 0) is 0 Å². The van der Waals surface area contributed by atoms with Crippen molar-refractivity contribution in [1.82, 2.24) is 5.32 Å². The molecule has 0 saturated heterocycles. The van der Waals surface area contributed by atoms with Gasteiger partial charge >= 0.3 is 0 Å². The molecule has 208 valence electrons. The monoisotopic (exact) mass is 583 g/mol. The number of amidine groups is 2. The molecule has 0 amide bonds. The van der Waals surface area contributed by atoms with Crippen molar-refractivity contribution in [3.05, 3.63) is 156 Å². The zero-order chi connectivity index (χ0) is 29.0. The number of nitrogens with zero attached hydrogens (tertiary/aromatic N) is 2. The summed E-state index contributed by atoms with van der Waals surface area (Å²) in [7, 11) is 0. The van der Waals surface area contributed by atoms with Crippen LogP contribution in [0.15, 0.2) is 154 Å². The number of hydrogen-bond donors (Lipinski definition) is 1. The Bertz CT molecular complexity index is 2430. The summed E-state index contributed by atoms with van der Waals surface area (Å²) in [5, 5.41) is 8.33. The van der Waals surface area contributed by atoms with Crippen LogP contribution in [0.1, 0.15) is 22.9 Å². The molecule has 0 radical (unpaired) electrons. The third kappa shape index (κ3) is 4.13. The Morgan fingerprint density at radius 3 is 2.11 bits per heavy atom. The molecule has 0 fully saturated rings. The van der Waals surface area contributed by atoms with Crippen LogP contribution in [0, 0.1) is 0 Å². The van der Waals surface area contributed by atoms with E-state index in [1.807, 2.05) is 47.7 Å². The van der Waals surface area contributed by atoms with Crippen LogP contribution in [0.4, 0.5) is 0 Å². The third-order valence-electron chi connectivity index (χ3n) is 8.34. The standard InChI is InChI=1S/C39H25N3OS/c1-2-10-24(11-3-1)37-40-38(42-39(41-37)27-20-21-35-31(23-27)29-14-5-7-19-34(29)44-35)26-13-8-12-25(22-26)28-16-9-18-33-36(28)30-15-4-6-17-32(30)43-33/h1-23,39H,(H,40,41,42). The second-order valence-corrected chi connectivity index (χ2v) is 12.1. The fourth-order valence-electron chi connectivity index (χ4n) is 6.24. The molecule has 2 aromatic heterocycles. The Morgan fingerprint density at radius 2 is 1.20 bits per heavy atom. The van der Waals surface area contributed by atoms with Gasteiger partial charge in [-0.1, -0.05) is 103 Å². The number of furan rings is 1. The van der Waals surface area contributed by atoms with Crippen molar-refractivity contribution in [3.63, 3.8) is 0 Å². The van der Waals surface area contributed by atoms with Crippen molar-refractivity contribution in [2.75, 3.05) is 0 Å². The molecule has 3 heterocycles. The van der Waals surface area contributed by atoms with E-state index in [1.165, 1.54) is 20.2 Å². The van der Waals surface area contributed by atoms with Crippen LogP contribution < -0.4 is 5.32 Å². The van der Waals surface area contributed by atoms with Gasteiger partial charge in [0.05, 0.1) is 0 Å². The summed E-state index contributed by atoms with van der Waals surface area (Å²) >= 11 is 1.82. The first kappa shape index (κ1) is 25.0. The molecule has 1 atom stereocenters. The van der Waals surface area contributed by atoms with Gasteiger partial charge in [0.15, 0.2) is 6.17 Å². The number of aliphatic imine (C=N–C) groups is 2. The third-order valence-corrected chi connectivity index (χ3v) is 9.49. The minimum absolute atomic E-state index is 0.380. The summed E-state index contributed by atoms with van der Waals surface area (Å²) in [5.41, 5.74) is 7.12. The van der Waals surface area contributed by atoms with Crippen LogP contribution in [0.3, 0.4) is 0 Å². The van der Waals surface area contributed by atoms with Gasteiger partial charge in [-0.3, -0.25) is 0 Å². The predicted molar refractivity (Wildman–Crippen MR) is 184 cm³/mol. The molecule has 44 heavy (non-hydrogen) atoms. The highest BCUT2D eigenvalue weighted by molar-refractivity contribution is 7.25. The van der Waals surface area contributed by atoms with Crippen molar-refractivity contribution in [2.24, 2.45) is 9.98 Å².